The van der Waals surface area contributed by atoms with Gasteiger partial charge in [-0.1, -0.05) is 6.58 Å². The van der Waals surface area contributed by atoms with Crippen molar-refractivity contribution < 1.29 is 66.6 Å². The first-order chi connectivity index (χ1) is 12.0. The molecular formula is C13H9F13O2. The highest BCUT2D eigenvalue weighted by Gasteiger charge is 3.02. The summed E-state index contributed by atoms with van der Waals surface area (Å²) in [5, 5.41) is 0. The lowest BCUT2D eigenvalue weighted by atomic mass is 9.59. The first-order valence-corrected chi connectivity index (χ1v) is 6.78. The lowest BCUT2D eigenvalue weighted by Crippen LogP contribution is -2.86. The maximum Gasteiger partial charge on any atom is 0.413 e. The van der Waals surface area contributed by atoms with Crippen LogP contribution >= 0.6 is 0 Å². The van der Waals surface area contributed by atoms with E-state index >= 15 is 0 Å². The Kier molecular flexibility index (Phi) is 5.13. The second kappa shape index (κ2) is 5.90. The molecular weight excluding hydrogens is 435 g/mol. The molecule has 28 heavy (non-hydrogen) atoms. The smallest absolute Gasteiger partial charge is 0.413 e. The van der Waals surface area contributed by atoms with Crippen molar-refractivity contribution in [1.29, 1.82) is 0 Å². The summed E-state index contributed by atoms with van der Waals surface area (Å²) < 4.78 is 180. The van der Waals surface area contributed by atoms with E-state index < -0.39 is 65.8 Å². The number of carbonyl (C=O) groups excluding carboxylic acids is 1. The van der Waals surface area contributed by atoms with Gasteiger partial charge >= 0.3 is 36.1 Å². The maximum absolute atomic E-state index is 14.2. The minimum Gasteiger partial charge on any atom is -0.451 e. The number of alkyl halides is 13. The summed E-state index contributed by atoms with van der Waals surface area (Å²) in [6.07, 6.45) is -20.6. The molecule has 0 aromatic carbocycles. The van der Waals surface area contributed by atoms with Gasteiger partial charge in [0.25, 0.3) is 5.41 Å². The van der Waals surface area contributed by atoms with Gasteiger partial charge in [-0.15, -0.1) is 0 Å². The Bertz CT molecular complexity index is 657. The van der Waals surface area contributed by atoms with E-state index in [1.807, 2.05) is 0 Å². The van der Waals surface area contributed by atoms with E-state index in [2.05, 4.69) is 11.3 Å². The highest BCUT2D eigenvalue weighted by molar-refractivity contribution is 5.87. The molecule has 0 aliphatic heterocycles. The van der Waals surface area contributed by atoms with Crippen LogP contribution in [0.5, 0.6) is 0 Å². The van der Waals surface area contributed by atoms with Gasteiger partial charge in [0.2, 0.25) is 5.67 Å². The topological polar surface area (TPSA) is 26.3 Å². The third-order valence-electron chi connectivity index (χ3n) is 4.30. The highest BCUT2D eigenvalue weighted by Crippen LogP contribution is 2.74. The van der Waals surface area contributed by atoms with Gasteiger partial charge in [0.1, 0.15) is 0 Å². The van der Waals surface area contributed by atoms with Crippen molar-refractivity contribution in [2.75, 3.05) is 0 Å². The van der Waals surface area contributed by atoms with Crippen LogP contribution in [-0.4, -0.2) is 47.9 Å². The Morgan fingerprint density at radius 3 is 1.50 bits per heavy atom. The number of hydrogen-bond donors (Lipinski definition) is 0. The fraction of sp³-hybridized carbons (Fsp3) is 0.769. The minimum absolute atomic E-state index is 0.507. The van der Waals surface area contributed by atoms with E-state index in [9.17, 15) is 61.9 Å². The predicted molar refractivity (Wildman–Crippen MR) is 63.6 cm³/mol. The zero-order valence-corrected chi connectivity index (χ0v) is 13.5. The normalized spacial score (nSPS) is 31.2. The van der Waals surface area contributed by atoms with E-state index in [0.29, 0.717) is 6.92 Å². The lowest BCUT2D eigenvalue weighted by molar-refractivity contribution is -0.507. The molecule has 0 heterocycles. The molecule has 0 amide bonds. The third-order valence-corrected chi connectivity index (χ3v) is 4.30. The van der Waals surface area contributed by atoms with Gasteiger partial charge in [-0.2, -0.15) is 52.7 Å². The van der Waals surface area contributed by atoms with Crippen LogP contribution in [0.15, 0.2) is 12.2 Å². The zero-order valence-electron chi connectivity index (χ0n) is 13.5. The Morgan fingerprint density at radius 1 is 0.857 bits per heavy atom. The summed E-state index contributed by atoms with van der Waals surface area (Å²) in [6, 6.07) is 0. The second-order valence-electron chi connectivity index (χ2n) is 6.14. The van der Waals surface area contributed by atoms with E-state index in [1.165, 1.54) is 0 Å². The molecule has 2 nitrogen and oxygen atoms in total. The number of rotatable bonds is 2. The van der Waals surface area contributed by atoms with Crippen molar-refractivity contribution in [2.45, 2.75) is 55.7 Å². The largest absolute Gasteiger partial charge is 0.451 e. The maximum atomic E-state index is 14.2. The monoisotopic (exact) mass is 444 g/mol. The zero-order chi connectivity index (χ0) is 22.9. The fourth-order valence-corrected chi connectivity index (χ4v) is 2.62. The molecule has 1 aliphatic rings. The molecule has 0 aromatic rings. The van der Waals surface area contributed by atoms with Gasteiger partial charge in [0.05, 0.1) is 0 Å². The highest BCUT2D eigenvalue weighted by atomic mass is 19.4. The molecule has 0 aromatic heterocycles. The molecule has 0 radical (unpaired) electrons. The number of carbonyl (C=O) groups is 1. The molecule has 2 atom stereocenters. The number of esters is 1. The fourth-order valence-electron chi connectivity index (χ4n) is 2.62. The quantitative estimate of drug-likeness (QED) is 0.331. The molecule has 0 bridgehead atoms. The molecule has 2 unspecified atom stereocenters. The predicted octanol–water partition coefficient (Wildman–Crippen LogP) is 5.23. The standard InChI is InChI=1S/C13H9F13O2/c1-4(2)5(27)28-6-8(12(21,22)23,13(24,25)26)11(19,20)10(17,18)7(3,14)9(6,15)16/h6H,1H2,2-3H3. The first-order valence-electron chi connectivity index (χ1n) is 6.78. The summed E-state index contributed by atoms with van der Waals surface area (Å²) in [4.78, 5) is 11.3. The van der Waals surface area contributed by atoms with E-state index in [1.54, 1.807) is 0 Å². The second-order valence-corrected chi connectivity index (χ2v) is 6.14. The van der Waals surface area contributed by atoms with Gasteiger partial charge < -0.3 is 4.74 Å². The molecule has 1 saturated carbocycles. The molecule has 1 fully saturated rings. The van der Waals surface area contributed by atoms with Gasteiger partial charge in [0.15, 0.2) is 6.10 Å². The molecule has 15 heteroatoms. The molecule has 164 valence electrons. The third kappa shape index (κ3) is 2.52. The van der Waals surface area contributed by atoms with Crippen LogP contribution in [0.4, 0.5) is 57.1 Å². The summed E-state index contributed by atoms with van der Waals surface area (Å²) in [7, 11) is 0. The van der Waals surface area contributed by atoms with Gasteiger partial charge in [-0.05, 0) is 13.8 Å². The first kappa shape index (κ1) is 24.3. The summed E-state index contributed by atoms with van der Waals surface area (Å²) in [5.41, 5.74) is -14.5. The number of ether oxygens (including phenoxy) is 1. The lowest BCUT2D eigenvalue weighted by Gasteiger charge is -2.57. The van der Waals surface area contributed by atoms with Crippen LogP contribution in [-0.2, 0) is 9.53 Å². The molecule has 0 N–H and O–H groups in total. The van der Waals surface area contributed by atoms with Crippen LogP contribution in [0, 0.1) is 5.41 Å². The van der Waals surface area contributed by atoms with Crippen LogP contribution in [0.25, 0.3) is 0 Å². The SMILES string of the molecule is C=C(C)C(=O)OC1C(F)(F)C(C)(F)C(F)(F)C(F)(F)C1(C(F)(F)F)C(F)(F)F. The van der Waals surface area contributed by atoms with Crippen molar-refractivity contribution >= 4 is 5.97 Å². The Hall–Kier alpha value is -1.70. The van der Waals surface area contributed by atoms with E-state index in [-0.39, 0.29) is 0 Å². The minimum atomic E-state index is -7.60. The average molecular weight is 444 g/mol. The Balaban J connectivity index is 4.18. The van der Waals surface area contributed by atoms with Crippen molar-refractivity contribution in [3.8, 4) is 0 Å². The van der Waals surface area contributed by atoms with Crippen molar-refractivity contribution in [2.24, 2.45) is 5.41 Å². The van der Waals surface area contributed by atoms with Crippen LogP contribution in [0.3, 0.4) is 0 Å². The van der Waals surface area contributed by atoms with Crippen LogP contribution in [0.1, 0.15) is 13.8 Å². The van der Waals surface area contributed by atoms with Crippen molar-refractivity contribution in [3.05, 3.63) is 12.2 Å². The Labute approximate surface area is 147 Å². The van der Waals surface area contributed by atoms with Crippen LogP contribution in [0.2, 0.25) is 0 Å². The van der Waals surface area contributed by atoms with E-state index in [0.717, 1.165) is 0 Å². The van der Waals surface area contributed by atoms with Crippen molar-refractivity contribution in [3.63, 3.8) is 0 Å². The van der Waals surface area contributed by atoms with Gasteiger partial charge in [0, 0.05) is 5.57 Å². The Morgan fingerprint density at radius 2 is 1.21 bits per heavy atom. The van der Waals surface area contributed by atoms with Gasteiger partial charge in [-0.3, -0.25) is 0 Å². The average Bonchev–Trinajstić information content (AvgIpc) is 2.41. The van der Waals surface area contributed by atoms with Gasteiger partial charge in [-0.25, -0.2) is 9.18 Å². The molecule has 0 spiro atoms. The molecule has 1 rings (SSSR count). The molecule has 1 aliphatic carbocycles. The number of halogens is 13. The van der Waals surface area contributed by atoms with Crippen LogP contribution < -0.4 is 0 Å². The molecule has 0 saturated heterocycles. The van der Waals surface area contributed by atoms with E-state index in [4.69, 9.17) is 0 Å². The summed E-state index contributed by atoms with van der Waals surface area (Å²) in [6.45, 7) is 2.11. The number of hydrogen-bond acceptors (Lipinski definition) is 2. The van der Waals surface area contributed by atoms with Crippen molar-refractivity contribution in [1.82, 2.24) is 0 Å². The summed E-state index contributed by atoms with van der Waals surface area (Å²) >= 11 is 0. The summed E-state index contributed by atoms with van der Waals surface area (Å²) in [5.74, 6) is -23.8.